The number of nitrogens with zero attached hydrogens (tertiary/aromatic N) is 5. The molecule has 7 heteroatoms. The van der Waals surface area contributed by atoms with E-state index in [2.05, 4.69) is 27.4 Å². The van der Waals surface area contributed by atoms with Gasteiger partial charge in [-0.3, -0.25) is 4.79 Å². The van der Waals surface area contributed by atoms with Gasteiger partial charge in [0.1, 0.15) is 0 Å². The topological polar surface area (TPSA) is 75.9 Å². The predicted molar refractivity (Wildman–Crippen MR) is 109 cm³/mol. The van der Waals surface area contributed by atoms with Crippen LogP contribution in [0.3, 0.4) is 0 Å². The lowest BCUT2D eigenvalue weighted by molar-refractivity contribution is -0.116. The molecule has 0 aliphatic heterocycles. The van der Waals surface area contributed by atoms with Gasteiger partial charge in [-0.1, -0.05) is 24.3 Å². The van der Waals surface area contributed by atoms with Crippen molar-refractivity contribution in [3.8, 4) is 11.4 Å². The Bertz CT molecular complexity index is 947. The van der Waals surface area contributed by atoms with Gasteiger partial charge >= 0.3 is 0 Å². The van der Waals surface area contributed by atoms with Gasteiger partial charge in [0.15, 0.2) is 5.82 Å². The van der Waals surface area contributed by atoms with E-state index >= 15 is 0 Å². The lowest BCUT2D eigenvalue weighted by Crippen LogP contribution is -2.35. The first-order chi connectivity index (χ1) is 13.8. The number of anilines is 2. The second kappa shape index (κ2) is 8.04. The van der Waals surface area contributed by atoms with E-state index in [0.29, 0.717) is 12.6 Å². The molecule has 4 rings (SSSR count). The number of hydrogen-bond acceptors (Lipinski definition) is 5. The highest BCUT2D eigenvalue weighted by molar-refractivity contribution is 5.96. The third-order valence-corrected chi connectivity index (χ3v) is 4.65. The fourth-order valence-corrected chi connectivity index (χ4v) is 3.05. The lowest BCUT2D eigenvalue weighted by atomic mass is 10.2. The number of tetrazole rings is 1. The molecule has 1 aliphatic carbocycles. The third kappa shape index (κ3) is 3.93. The summed E-state index contributed by atoms with van der Waals surface area (Å²) in [4.78, 5) is 14.4. The number of amides is 1. The molecule has 3 aromatic rings. The highest BCUT2D eigenvalue weighted by atomic mass is 16.2. The number of hydrogen-bond donors (Lipinski definition) is 1. The van der Waals surface area contributed by atoms with Crippen LogP contribution in [0.15, 0.2) is 67.3 Å². The van der Waals surface area contributed by atoms with E-state index in [1.807, 2.05) is 59.3 Å². The van der Waals surface area contributed by atoms with Gasteiger partial charge in [0.05, 0.1) is 12.6 Å². The van der Waals surface area contributed by atoms with Gasteiger partial charge in [0.2, 0.25) is 5.91 Å². The predicted octanol–water partition coefficient (Wildman–Crippen LogP) is 3.31. The summed E-state index contributed by atoms with van der Waals surface area (Å²) in [7, 11) is 0. The molecule has 0 bridgehead atoms. The molecule has 1 aromatic heterocycles. The summed E-state index contributed by atoms with van der Waals surface area (Å²) < 4.78 is 1.89. The van der Waals surface area contributed by atoms with Crippen LogP contribution < -0.4 is 10.2 Å². The van der Waals surface area contributed by atoms with E-state index in [4.69, 9.17) is 0 Å². The number of benzene rings is 2. The molecule has 142 valence electrons. The summed E-state index contributed by atoms with van der Waals surface area (Å²) in [6, 6.07) is 17.8. The molecule has 0 atom stereocenters. The molecule has 1 amide bonds. The SMILES string of the molecule is C=CCN(C(=O)CNc1ccc(-c2nnnn2C2CC2)cc1)c1ccccc1. The molecule has 0 saturated heterocycles. The molecule has 0 spiro atoms. The maximum Gasteiger partial charge on any atom is 0.246 e. The van der Waals surface area contributed by atoms with Gasteiger partial charge in [-0.2, -0.15) is 0 Å². The third-order valence-electron chi connectivity index (χ3n) is 4.65. The van der Waals surface area contributed by atoms with E-state index in [1.54, 1.807) is 11.0 Å². The van der Waals surface area contributed by atoms with E-state index in [1.165, 1.54) is 0 Å². The monoisotopic (exact) mass is 374 g/mol. The van der Waals surface area contributed by atoms with Crippen molar-refractivity contribution < 1.29 is 4.79 Å². The van der Waals surface area contributed by atoms with Gasteiger partial charge < -0.3 is 10.2 Å². The first-order valence-corrected chi connectivity index (χ1v) is 9.35. The highest BCUT2D eigenvalue weighted by Crippen LogP contribution is 2.36. The molecule has 1 N–H and O–H groups in total. The molecule has 1 heterocycles. The maximum absolute atomic E-state index is 12.7. The standard InChI is InChI=1S/C21H22N6O/c1-2-14-26(18-6-4-3-5-7-18)20(28)15-22-17-10-8-16(9-11-17)21-23-24-25-27(21)19-12-13-19/h2-11,19,22H,1,12-15H2. The van der Waals surface area contributed by atoms with Gasteiger partial charge in [-0.05, 0) is 59.7 Å². The number of rotatable bonds is 8. The second-order valence-electron chi connectivity index (χ2n) is 6.74. The summed E-state index contributed by atoms with van der Waals surface area (Å²) in [5, 5.41) is 15.2. The van der Waals surface area contributed by atoms with Crippen LogP contribution in [0, 0.1) is 0 Å². The zero-order valence-corrected chi connectivity index (χ0v) is 15.5. The summed E-state index contributed by atoms with van der Waals surface area (Å²) in [5.41, 5.74) is 2.69. The van der Waals surface area contributed by atoms with E-state index in [-0.39, 0.29) is 12.5 Å². The second-order valence-corrected chi connectivity index (χ2v) is 6.74. The van der Waals surface area contributed by atoms with Crippen LogP contribution >= 0.6 is 0 Å². The summed E-state index contributed by atoms with van der Waals surface area (Å²) >= 11 is 0. The number of nitrogens with one attached hydrogen (secondary N) is 1. The number of carbonyl (C=O) groups is 1. The van der Waals surface area contributed by atoms with E-state index < -0.39 is 0 Å². The van der Waals surface area contributed by atoms with E-state index in [9.17, 15) is 4.79 Å². The molecule has 7 nitrogen and oxygen atoms in total. The quantitative estimate of drug-likeness (QED) is 0.612. The minimum absolute atomic E-state index is 0.0205. The molecular formula is C21H22N6O. The van der Waals surface area contributed by atoms with Crippen molar-refractivity contribution in [2.24, 2.45) is 0 Å². The summed E-state index contributed by atoms with van der Waals surface area (Å²) in [6.07, 6.45) is 3.98. The minimum atomic E-state index is -0.0205. The molecule has 1 fully saturated rings. The number of para-hydroxylation sites is 1. The Morgan fingerprint density at radius 3 is 2.61 bits per heavy atom. The fourth-order valence-electron chi connectivity index (χ4n) is 3.05. The maximum atomic E-state index is 12.7. The van der Waals surface area contributed by atoms with Crippen molar-refractivity contribution in [2.75, 3.05) is 23.3 Å². The van der Waals surface area contributed by atoms with Crippen molar-refractivity contribution in [1.82, 2.24) is 20.2 Å². The Labute approximate surface area is 163 Å². The molecule has 1 aliphatic rings. The Hall–Kier alpha value is -3.48. The first kappa shape index (κ1) is 17.9. The van der Waals surface area contributed by atoms with Crippen LogP contribution in [0.2, 0.25) is 0 Å². The van der Waals surface area contributed by atoms with Gasteiger partial charge in [-0.25, -0.2) is 4.68 Å². The smallest absolute Gasteiger partial charge is 0.246 e. The summed E-state index contributed by atoms with van der Waals surface area (Å²) in [6.45, 7) is 4.41. The van der Waals surface area contributed by atoms with Gasteiger partial charge in [0.25, 0.3) is 0 Å². The Morgan fingerprint density at radius 1 is 1.18 bits per heavy atom. The van der Waals surface area contributed by atoms with Crippen molar-refractivity contribution >= 4 is 17.3 Å². The largest absolute Gasteiger partial charge is 0.376 e. The zero-order valence-electron chi connectivity index (χ0n) is 15.5. The molecule has 2 aromatic carbocycles. The summed E-state index contributed by atoms with van der Waals surface area (Å²) in [5.74, 6) is 0.763. The van der Waals surface area contributed by atoms with Crippen LogP contribution in [0.5, 0.6) is 0 Å². The highest BCUT2D eigenvalue weighted by Gasteiger charge is 2.28. The van der Waals surface area contributed by atoms with E-state index in [0.717, 1.165) is 35.6 Å². The van der Waals surface area contributed by atoms with Crippen molar-refractivity contribution in [3.63, 3.8) is 0 Å². The Balaban J connectivity index is 1.41. The molecular weight excluding hydrogens is 352 g/mol. The molecule has 28 heavy (non-hydrogen) atoms. The molecule has 1 saturated carbocycles. The van der Waals surface area contributed by atoms with Crippen molar-refractivity contribution in [3.05, 3.63) is 67.3 Å². The normalized spacial score (nSPS) is 13.1. The molecule has 0 radical (unpaired) electrons. The van der Waals surface area contributed by atoms with Crippen molar-refractivity contribution in [1.29, 1.82) is 0 Å². The van der Waals surface area contributed by atoms with Gasteiger partial charge in [-0.15, -0.1) is 11.7 Å². The fraction of sp³-hybridized carbons (Fsp3) is 0.238. The van der Waals surface area contributed by atoms with Crippen LogP contribution in [0.1, 0.15) is 18.9 Å². The van der Waals surface area contributed by atoms with Crippen LogP contribution in [-0.4, -0.2) is 39.2 Å². The van der Waals surface area contributed by atoms with Gasteiger partial charge in [0, 0.05) is 23.5 Å². The van der Waals surface area contributed by atoms with Crippen LogP contribution in [0.4, 0.5) is 11.4 Å². The lowest BCUT2D eigenvalue weighted by Gasteiger charge is -2.21. The average molecular weight is 374 g/mol. The number of carbonyl (C=O) groups excluding carboxylic acids is 1. The Kier molecular flexibility index (Phi) is 5.14. The average Bonchev–Trinajstić information content (AvgIpc) is 3.47. The number of aromatic nitrogens is 4. The Morgan fingerprint density at radius 2 is 1.93 bits per heavy atom. The first-order valence-electron chi connectivity index (χ1n) is 9.35. The van der Waals surface area contributed by atoms with Crippen LogP contribution in [0.25, 0.3) is 11.4 Å². The molecule has 0 unspecified atom stereocenters. The zero-order chi connectivity index (χ0) is 19.3. The van der Waals surface area contributed by atoms with Crippen molar-refractivity contribution in [2.45, 2.75) is 18.9 Å². The van der Waals surface area contributed by atoms with Crippen LogP contribution in [-0.2, 0) is 4.79 Å². The minimum Gasteiger partial charge on any atom is -0.376 e.